The summed E-state index contributed by atoms with van der Waals surface area (Å²) in [4.78, 5) is 23.5. The van der Waals surface area contributed by atoms with Crippen molar-refractivity contribution in [2.45, 2.75) is 78.8 Å². The van der Waals surface area contributed by atoms with E-state index in [0.717, 1.165) is 32.1 Å². The van der Waals surface area contributed by atoms with Gasteiger partial charge in [-0.1, -0.05) is 27.7 Å². The third-order valence-corrected chi connectivity index (χ3v) is 4.48. The van der Waals surface area contributed by atoms with E-state index in [1.54, 1.807) is 0 Å². The largest absolute Gasteiger partial charge is 0.345 e. The summed E-state index contributed by atoms with van der Waals surface area (Å²) in [5.41, 5.74) is 0.336. The van der Waals surface area contributed by atoms with Crippen molar-refractivity contribution in [2.75, 3.05) is 0 Å². The Morgan fingerprint density at radius 1 is 1.10 bits per heavy atom. The quantitative estimate of drug-likeness (QED) is 0.782. The van der Waals surface area contributed by atoms with Crippen molar-refractivity contribution < 1.29 is 9.59 Å². The molecule has 0 aliphatic heterocycles. The Bertz CT molecular complexity index is 339. The van der Waals surface area contributed by atoms with Crippen molar-refractivity contribution in [1.82, 2.24) is 10.6 Å². The van der Waals surface area contributed by atoms with Crippen molar-refractivity contribution in [3.63, 3.8) is 0 Å². The summed E-state index contributed by atoms with van der Waals surface area (Å²) in [6.07, 6.45) is 5.03. The van der Waals surface area contributed by atoms with Gasteiger partial charge in [0.25, 0.3) is 0 Å². The summed E-state index contributed by atoms with van der Waals surface area (Å²) >= 11 is 0. The molecule has 4 nitrogen and oxygen atoms in total. The van der Waals surface area contributed by atoms with Crippen LogP contribution < -0.4 is 10.6 Å². The van der Waals surface area contributed by atoms with E-state index < -0.39 is 11.8 Å². The van der Waals surface area contributed by atoms with Crippen molar-refractivity contribution in [2.24, 2.45) is 11.3 Å². The summed E-state index contributed by atoms with van der Waals surface area (Å²) in [6, 6.07) is 0.202. The molecule has 116 valence electrons. The molecule has 0 aromatic heterocycles. The van der Waals surface area contributed by atoms with Crippen LogP contribution in [0.1, 0.15) is 66.7 Å². The molecular formula is C16H30N2O2. The van der Waals surface area contributed by atoms with Crippen molar-refractivity contribution in [3.05, 3.63) is 0 Å². The molecule has 0 radical (unpaired) electrons. The monoisotopic (exact) mass is 282 g/mol. The highest BCUT2D eigenvalue weighted by atomic mass is 16.2. The molecule has 0 aromatic carbocycles. The number of hydrogen-bond donors (Lipinski definition) is 2. The van der Waals surface area contributed by atoms with Gasteiger partial charge in [0.2, 0.25) is 0 Å². The normalized spacial score (nSPS) is 24.9. The minimum atomic E-state index is -0.503. The van der Waals surface area contributed by atoms with Gasteiger partial charge in [0.1, 0.15) is 0 Å². The van der Waals surface area contributed by atoms with Crippen LogP contribution in [0.5, 0.6) is 0 Å². The predicted molar refractivity (Wildman–Crippen MR) is 81.2 cm³/mol. The lowest BCUT2D eigenvalue weighted by atomic mass is 9.71. The summed E-state index contributed by atoms with van der Waals surface area (Å²) in [6.45, 7) is 10.7. The zero-order chi connectivity index (χ0) is 15.3. The van der Waals surface area contributed by atoms with Crippen LogP contribution in [-0.2, 0) is 9.59 Å². The molecule has 20 heavy (non-hydrogen) atoms. The molecule has 1 rings (SSSR count). The number of rotatable bonds is 3. The second kappa shape index (κ2) is 7.09. The molecule has 0 unspecified atom stereocenters. The van der Waals surface area contributed by atoms with Crippen LogP contribution in [0, 0.1) is 11.3 Å². The van der Waals surface area contributed by atoms with E-state index in [0.29, 0.717) is 11.3 Å². The second-order valence-electron chi connectivity index (χ2n) is 7.17. The van der Waals surface area contributed by atoms with Crippen LogP contribution >= 0.6 is 0 Å². The first-order chi connectivity index (χ1) is 9.24. The van der Waals surface area contributed by atoms with Crippen LogP contribution in [0.4, 0.5) is 0 Å². The molecule has 2 amide bonds. The molecule has 0 spiro atoms. The maximum atomic E-state index is 11.8. The van der Waals surface area contributed by atoms with Gasteiger partial charge in [-0.05, 0) is 50.4 Å². The topological polar surface area (TPSA) is 58.2 Å². The molecule has 0 heterocycles. The van der Waals surface area contributed by atoms with E-state index in [9.17, 15) is 9.59 Å². The molecule has 1 saturated carbocycles. The fraction of sp³-hybridized carbons (Fsp3) is 0.875. The third-order valence-electron chi connectivity index (χ3n) is 4.48. The Kier molecular flexibility index (Phi) is 6.03. The maximum Gasteiger partial charge on any atom is 0.309 e. The molecule has 1 aliphatic carbocycles. The highest BCUT2D eigenvalue weighted by molar-refractivity contribution is 6.35. The lowest BCUT2D eigenvalue weighted by Crippen LogP contribution is -2.48. The van der Waals surface area contributed by atoms with Gasteiger partial charge < -0.3 is 10.6 Å². The summed E-state index contributed by atoms with van der Waals surface area (Å²) < 4.78 is 0. The molecule has 0 saturated heterocycles. The molecule has 0 aromatic rings. The Labute approximate surface area is 123 Å². The van der Waals surface area contributed by atoms with Gasteiger partial charge in [0.15, 0.2) is 0 Å². The number of hydrogen-bond acceptors (Lipinski definition) is 2. The smallest absolute Gasteiger partial charge is 0.309 e. The van der Waals surface area contributed by atoms with Gasteiger partial charge in [-0.15, -0.1) is 0 Å². The van der Waals surface area contributed by atoms with Crippen molar-refractivity contribution in [3.8, 4) is 0 Å². The number of carbonyl (C=O) groups is 2. The lowest BCUT2D eigenvalue weighted by Gasteiger charge is -2.37. The molecule has 0 bridgehead atoms. The highest BCUT2D eigenvalue weighted by Crippen LogP contribution is 2.37. The Morgan fingerprint density at radius 3 is 2.10 bits per heavy atom. The van der Waals surface area contributed by atoms with Gasteiger partial charge in [-0.2, -0.15) is 0 Å². The first-order valence-corrected chi connectivity index (χ1v) is 7.85. The fourth-order valence-corrected chi connectivity index (χ4v) is 2.75. The van der Waals surface area contributed by atoms with Crippen LogP contribution in [0.2, 0.25) is 0 Å². The zero-order valence-electron chi connectivity index (χ0n) is 13.6. The number of nitrogens with one attached hydrogen (secondary N) is 2. The number of carbonyl (C=O) groups excluding carboxylic acids is 2. The zero-order valence-corrected chi connectivity index (χ0v) is 13.6. The average Bonchev–Trinajstić information content (AvgIpc) is 2.38. The van der Waals surface area contributed by atoms with Crippen LogP contribution in [-0.4, -0.2) is 23.9 Å². The Hall–Kier alpha value is -1.06. The second-order valence-corrected chi connectivity index (χ2v) is 7.17. The van der Waals surface area contributed by atoms with E-state index in [-0.39, 0.29) is 12.1 Å². The SMILES string of the molecule is CC[C@@H](C)NC(=O)C(=O)NC1CCC(C(C)(C)C)CC1. The van der Waals surface area contributed by atoms with Crippen LogP contribution in [0.3, 0.4) is 0 Å². The van der Waals surface area contributed by atoms with Gasteiger partial charge in [-0.25, -0.2) is 0 Å². The van der Waals surface area contributed by atoms with Gasteiger partial charge in [-0.3, -0.25) is 9.59 Å². The molecular weight excluding hydrogens is 252 g/mol. The lowest BCUT2D eigenvalue weighted by molar-refractivity contribution is -0.140. The first-order valence-electron chi connectivity index (χ1n) is 7.85. The Balaban J connectivity index is 2.36. The molecule has 1 atom stereocenters. The average molecular weight is 282 g/mol. The van der Waals surface area contributed by atoms with Gasteiger partial charge >= 0.3 is 11.8 Å². The van der Waals surface area contributed by atoms with Crippen molar-refractivity contribution in [1.29, 1.82) is 0 Å². The van der Waals surface area contributed by atoms with Crippen LogP contribution in [0.25, 0.3) is 0 Å². The molecule has 2 N–H and O–H groups in total. The fourth-order valence-electron chi connectivity index (χ4n) is 2.75. The van der Waals surface area contributed by atoms with E-state index in [4.69, 9.17) is 0 Å². The van der Waals surface area contributed by atoms with E-state index in [1.165, 1.54) is 0 Å². The molecule has 1 aliphatic rings. The minimum absolute atomic E-state index is 0.0462. The van der Waals surface area contributed by atoms with Crippen molar-refractivity contribution >= 4 is 11.8 Å². The minimum Gasteiger partial charge on any atom is -0.345 e. The molecule has 4 heteroatoms. The first kappa shape index (κ1) is 17.0. The molecule has 1 fully saturated rings. The van der Waals surface area contributed by atoms with Gasteiger partial charge in [0, 0.05) is 12.1 Å². The Morgan fingerprint density at radius 2 is 1.65 bits per heavy atom. The summed E-state index contributed by atoms with van der Waals surface area (Å²) in [5, 5.41) is 5.57. The van der Waals surface area contributed by atoms with E-state index >= 15 is 0 Å². The third kappa shape index (κ3) is 5.14. The highest BCUT2D eigenvalue weighted by Gasteiger charge is 2.30. The maximum absolute atomic E-state index is 11.8. The summed E-state index contributed by atoms with van der Waals surface area (Å²) in [7, 11) is 0. The summed E-state index contributed by atoms with van der Waals surface area (Å²) in [5.74, 6) is -0.272. The van der Waals surface area contributed by atoms with E-state index in [2.05, 4.69) is 31.4 Å². The number of amides is 2. The standard InChI is InChI=1S/C16H30N2O2/c1-6-11(2)17-14(19)15(20)18-13-9-7-12(8-10-13)16(3,4)5/h11-13H,6-10H2,1-5H3,(H,17,19)(H,18,20)/t11-,12?,13?/m1/s1. The van der Waals surface area contributed by atoms with Crippen LogP contribution in [0.15, 0.2) is 0 Å². The van der Waals surface area contributed by atoms with Gasteiger partial charge in [0.05, 0.1) is 0 Å². The predicted octanol–water partition coefficient (Wildman–Crippen LogP) is 2.62. The van der Waals surface area contributed by atoms with E-state index in [1.807, 2.05) is 13.8 Å².